The number of carbonyl (C=O) groups excluding carboxylic acids is 1. The van der Waals surface area contributed by atoms with E-state index in [1.165, 1.54) is 22.0 Å². The number of anilines is 1. The largest absolute Gasteiger partial charge is 0.493 e. The lowest BCUT2D eigenvalue weighted by molar-refractivity contribution is 0.0730. The van der Waals surface area contributed by atoms with Gasteiger partial charge in [0.1, 0.15) is 5.75 Å². The average Bonchev–Trinajstić information content (AvgIpc) is 2.86. The molecule has 1 amide bonds. The van der Waals surface area contributed by atoms with Crippen molar-refractivity contribution in [3.8, 4) is 5.75 Å². The number of hydrogen-bond acceptors (Lipinski definition) is 5. The number of morpholine rings is 1. The van der Waals surface area contributed by atoms with Gasteiger partial charge >= 0.3 is 0 Å². The molecule has 0 aromatic heterocycles. The van der Waals surface area contributed by atoms with Crippen LogP contribution in [0, 0.1) is 0 Å². The van der Waals surface area contributed by atoms with Gasteiger partial charge in [0.05, 0.1) is 24.7 Å². The second kappa shape index (κ2) is 10.6. The van der Waals surface area contributed by atoms with Crippen LogP contribution in [-0.4, -0.2) is 51.5 Å². The Morgan fingerprint density at radius 2 is 1.58 bits per heavy atom. The van der Waals surface area contributed by atoms with Crippen molar-refractivity contribution < 1.29 is 22.7 Å². The summed E-state index contributed by atoms with van der Waals surface area (Å²) in [4.78, 5) is 12.8. The Morgan fingerprint density at radius 3 is 2.24 bits per heavy atom. The average molecular weight is 467 g/mol. The van der Waals surface area contributed by atoms with Gasteiger partial charge in [0.25, 0.3) is 5.91 Å². The van der Waals surface area contributed by atoms with Crippen LogP contribution < -0.4 is 10.1 Å². The van der Waals surface area contributed by atoms with Crippen LogP contribution >= 0.6 is 0 Å². The summed E-state index contributed by atoms with van der Waals surface area (Å²) in [6.07, 6.45) is 0.806. The van der Waals surface area contributed by atoms with E-state index >= 15 is 0 Å². The Labute approximate surface area is 194 Å². The van der Waals surface area contributed by atoms with Crippen LogP contribution in [0.15, 0.2) is 83.8 Å². The first-order valence-electron chi connectivity index (χ1n) is 10.8. The SMILES string of the molecule is O=C(Nc1ccc(S(=O)(=O)N2CCOCC2)cc1)c1ccc(OCCc2ccccc2)cc1. The summed E-state index contributed by atoms with van der Waals surface area (Å²) in [6, 6.07) is 23.2. The van der Waals surface area contributed by atoms with Crippen molar-refractivity contribution in [1.29, 1.82) is 0 Å². The number of nitrogens with one attached hydrogen (secondary N) is 1. The molecule has 0 spiro atoms. The Hall–Kier alpha value is -3.20. The van der Waals surface area contributed by atoms with Gasteiger partial charge in [-0.25, -0.2) is 8.42 Å². The van der Waals surface area contributed by atoms with Crippen LogP contribution in [0.25, 0.3) is 0 Å². The van der Waals surface area contributed by atoms with Crippen LogP contribution in [0.4, 0.5) is 5.69 Å². The molecule has 0 atom stereocenters. The predicted molar refractivity (Wildman–Crippen MR) is 126 cm³/mol. The fraction of sp³-hybridized carbons (Fsp3) is 0.240. The van der Waals surface area contributed by atoms with E-state index in [0.29, 0.717) is 49.9 Å². The molecule has 3 aromatic carbocycles. The minimum Gasteiger partial charge on any atom is -0.493 e. The molecule has 0 unspecified atom stereocenters. The number of rotatable bonds is 8. The highest BCUT2D eigenvalue weighted by atomic mass is 32.2. The van der Waals surface area contributed by atoms with Crippen molar-refractivity contribution in [2.45, 2.75) is 11.3 Å². The van der Waals surface area contributed by atoms with E-state index in [-0.39, 0.29) is 10.8 Å². The van der Waals surface area contributed by atoms with Crippen molar-refractivity contribution in [3.63, 3.8) is 0 Å². The predicted octanol–water partition coefficient (Wildman–Crippen LogP) is 3.58. The van der Waals surface area contributed by atoms with E-state index in [2.05, 4.69) is 17.4 Å². The van der Waals surface area contributed by atoms with Crippen LogP contribution in [0.2, 0.25) is 0 Å². The van der Waals surface area contributed by atoms with Crippen molar-refractivity contribution in [2.75, 3.05) is 38.2 Å². The molecule has 0 bridgehead atoms. The molecule has 1 fully saturated rings. The molecule has 33 heavy (non-hydrogen) atoms. The van der Waals surface area contributed by atoms with Gasteiger partial charge in [0.2, 0.25) is 10.0 Å². The summed E-state index contributed by atoms with van der Waals surface area (Å²) in [5, 5.41) is 2.79. The second-order valence-corrected chi connectivity index (χ2v) is 9.54. The fourth-order valence-electron chi connectivity index (χ4n) is 3.48. The quantitative estimate of drug-likeness (QED) is 0.549. The van der Waals surface area contributed by atoms with Gasteiger partial charge < -0.3 is 14.8 Å². The number of nitrogens with zero attached hydrogens (tertiary/aromatic N) is 1. The van der Waals surface area contributed by atoms with Crippen LogP contribution in [0.1, 0.15) is 15.9 Å². The van der Waals surface area contributed by atoms with Gasteiger partial charge in [0, 0.05) is 30.8 Å². The lowest BCUT2D eigenvalue weighted by atomic mass is 10.2. The summed E-state index contributed by atoms with van der Waals surface area (Å²) in [7, 11) is -3.56. The summed E-state index contributed by atoms with van der Waals surface area (Å²) >= 11 is 0. The first kappa shape index (κ1) is 23.0. The van der Waals surface area contributed by atoms with Crippen LogP contribution in [0.5, 0.6) is 5.75 Å². The van der Waals surface area contributed by atoms with Gasteiger partial charge in [-0.05, 0) is 54.1 Å². The highest BCUT2D eigenvalue weighted by molar-refractivity contribution is 7.89. The number of carbonyl (C=O) groups is 1. The summed E-state index contributed by atoms with van der Waals surface area (Å²) in [5.41, 5.74) is 2.21. The minimum atomic E-state index is -3.56. The molecule has 172 valence electrons. The van der Waals surface area contributed by atoms with Gasteiger partial charge in [-0.15, -0.1) is 0 Å². The van der Waals surface area contributed by atoms with Gasteiger partial charge in [0.15, 0.2) is 0 Å². The topological polar surface area (TPSA) is 84.9 Å². The Bertz CT molecular complexity index is 1160. The lowest BCUT2D eigenvalue weighted by Gasteiger charge is -2.26. The van der Waals surface area contributed by atoms with E-state index in [4.69, 9.17) is 9.47 Å². The zero-order chi connectivity index (χ0) is 23.1. The smallest absolute Gasteiger partial charge is 0.255 e. The molecule has 3 aromatic rings. The third-order valence-electron chi connectivity index (χ3n) is 5.34. The van der Waals surface area contributed by atoms with E-state index in [1.54, 1.807) is 36.4 Å². The van der Waals surface area contributed by atoms with Crippen molar-refractivity contribution in [3.05, 3.63) is 90.0 Å². The van der Waals surface area contributed by atoms with Gasteiger partial charge in [-0.1, -0.05) is 30.3 Å². The molecular weight excluding hydrogens is 440 g/mol. The molecule has 8 heteroatoms. The normalized spacial score (nSPS) is 14.5. The zero-order valence-electron chi connectivity index (χ0n) is 18.1. The number of amides is 1. The van der Waals surface area contributed by atoms with Crippen molar-refractivity contribution in [2.24, 2.45) is 0 Å². The fourth-order valence-corrected chi connectivity index (χ4v) is 4.89. The monoisotopic (exact) mass is 466 g/mol. The molecule has 1 saturated heterocycles. The van der Waals surface area contributed by atoms with E-state index < -0.39 is 10.0 Å². The van der Waals surface area contributed by atoms with Gasteiger partial charge in [-0.3, -0.25) is 4.79 Å². The van der Waals surface area contributed by atoms with E-state index in [1.807, 2.05) is 18.2 Å². The molecule has 1 aliphatic rings. The molecule has 4 rings (SSSR count). The van der Waals surface area contributed by atoms with Gasteiger partial charge in [-0.2, -0.15) is 4.31 Å². The maximum Gasteiger partial charge on any atom is 0.255 e. The molecule has 0 radical (unpaired) electrons. The number of benzene rings is 3. The molecular formula is C25H26N2O5S. The zero-order valence-corrected chi connectivity index (χ0v) is 19.0. The number of sulfonamides is 1. The first-order chi connectivity index (χ1) is 16.0. The highest BCUT2D eigenvalue weighted by Crippen LogP contribution is 2.20. The summed E-state index contributed by atoms with van der Waals surface area (Å²) < 4.78 is 37.8. The molecule has 7 nitrogen and oxygen atoms in total. The maximum absolute atomic E-state index is 12.7. The Kier molecular flexibility index (Phi) is 7.39. The minimum absolute atomic E-state index is 0.194. The molecule has 1 heterocycles. The lowest BCUT2D eigenvalue weighted by Crippen LogP contribution is -2.40. The first-order valence-corrected chi connectivity index (χ1v) is 12.2. The number of ether oxygens (including phenoxy) is 2. The maximum atomic E-state index is 12.7. The van der Waals surface area contributed by atoms with E-state index in [0.717, 1.165) is 6.42 Å². The Balaban J connectivity index is 1.31. The van der Waals surface area contributed by atoms with Crippen molar-refractivity contribution in [1.82, 2.24) is 4.31 Å². The third kappa shape index (κ3) is 5.98. The molecule has 1 aliphatic heterocycles. The van der Waals surface area contributed by atoms with Crippen molar-refractivity contribution >= 4 is 21.6 Å². The summed E-state index contributed by atoms with van der Waals surface area (Å²) in [6.45, 7) is 2.02. The molecule has 0 saturated carbocycles. The molecule has 1 N–H and O–H groups in total. The van der Waals surface area contributed by atoms with Crippen LogP contribution in [0.3, 0.4) is 0 Å². The second-order valence-electron chi connectivity index (χ2n) is 7.60. The van der Waals surface area contributed by atoms with Crippen LogP contribution in [-0.2, 0) is 21.2 Å². The molecule has 0 aliphatic carbocycles. The van der Waals surface area contributed by atoms with E-state index in [9.17, 15) is 13.2 Å². The third-order valence-corrected chi connectivity index (χ3v) is 7.25. The number of hydrogen-bond donors (Lipinski definition) is 1. The Morgan fingerprint density at radius 1 is 0.909 bits per heavy atom. The summed E-state index contributed by atoms with van der Waals surface area (Å²) in [5.74, 6) is 0.412. The highest BCUT2D eigenvalue weighted by Gasteiger charge is 2.26. The standard InChI is InChI=1S/C25H26N2O5S/c28-25(21-6-10-23(11-7-21)32-17-14-20-4-2-1-3-5-20)26-22-8-12-24(13-9-22)33(29,30)27-15-18-31-19-16-27/h1-13H,14-19H2,(H,26,28).